The molecule has 19 heavy (non-hydrogen) atoms. The summed E-state index contributed by atoms with van der Waals surface area (Å²) in [7, 11) is 0. The third kappa shape index (κ3) is 2.93. The van der Waals surface area contributed by atoms with Crippen LogP contribution in [0.1, 0.15) is 36.0 Å². The van der Waals surface area contributed by atoms with Crippen molar-refractivity contribution in [1.29, 1.82) is 0 Å². The second kappa shape index (κ2) is 5.56. The molecule has 0 radical (unpaired) electrons. The predicted molar refractivity (Wildman–Crippen MR) is 72.6 cm³/mol. The molecule has 1 aromatic carbocycles. The molecule has 1 aromatic heterocycles. The van der Waals surface area contributed by atoms with E-state index in [-0.39, 0.29) is 11.8 Å². The Labute approximate surface area is 112 Å². The fourth-order valence-corrected chi connectivity index (χ4v) is 1.77. The highest BCUT2D eigenvalue weighted by Gasteiger charge is 2.19. The van der Waals surface area contributed by atoms with Gasteiger partial charge in [-0.3, -0.25) is 4.68 Å². The topological polar surface area (TPSA) is 70.1 Å². The molecule has 0 aliphatic carbocycles. The van der Waals surface area contributed by atoms with Crippen molar-refractivity contribution < 1.29 is 9.53 Å². The number of nitrogens with two attached hydrogens (primary N) is 1. The molecule has 1 unspecified atom stereocenters. The quantitative estimate of drug-likeness (QED) is 0.856. The van der Waals surface area contributed by atoms with Gasteiger partial charge in [0.25, 0.3) is 0 Å². The van der Waals surface area contributed by atoms with Crippen LogP contribution in [-0.4, -0.2) is 15.7 Å². The summed E-state index contributed by atoms with van der Waals surface area (Å²) in [5.41, 5.74) is 7.19. The summed E-state index contributed by atoms with van der Waals surface area (Å²) in [6.45, 7) is 4.40. The second-order valence-electron chi connectivity index (χ2n) is 4.25. The molecule has 1 heterocycles. The Hall–Kier alpha value is -2.30. The molecular formula is C14H17N3O2. The third-order valence-corrected chi connectivity index (χ3v) is 2.86. The van der Waals surface area contributed by atoms with Crippen molar-refractivity contribution in [2.75, 3.05) is 5.73 Å². The van der Waals surface area contributed by atoms with Gasteiger partial charge in [0.05, 0.1) is 5.69 Å². The molecule has 0 aliphatic rings. The van der Waals surface area contributed by atoms with Crippen LogP contribution >= 0.6 is 0 Å². The van der Waals surface area contributed by atoms with Crippen molar-refractivity contribution in [3.63, 3.8) is 0 Å². The lowest BCUT2D eigenvalue weighted by Crippen LogP contribution is -2.12. The molecule has 5 heteroatoms. The Bertz CT molecular complexity index is 563. The van der Waals surface area contributed by atoms with Gasteiger partial charge in [-0.15, -0.1) is 0 Å². The van der Waals surface area contributed by atoms with Crippen molar-refractivity contribution in [2.45, 2.75) is 26.5 Å². The van der Waals surface area contributed by atoms with Gasteiger partial charge in [-0.2, -0.15) is 5.10 Å². The number of ether oxygens (including phenoxy) is 1. The average Bonchev–Trinajstić information content (AvgIpc) is 2.81. The number of hydrogen-bond acceptors (Lipinski definition) is 4. The van der Waals surface area contributed by atoms with E-state index in [1.807, 2.05) is 44.2 Å². The van der Waals surface area contributed by atoms with E-state index < -0.39 is 5.97 Å². The second-order valence-corrected chi connectivity index (χ2v) is 4.25. The summed E-state index contributed by atoms with van der Waals surface area (Å²) in [5, 5.41) is 4.09. The van der Waals surface area contributed by atoms with E-state index in [9.17, 15) is 4.79 Å². The van der Waals surface area contributed by atoms with Gasteiger partial charge in [-0.1, -0.05) is 30.3 Å². The molecule has 0 amide bonds. The van der Waals surface area contributed by atoms with Crippen LogP contribution < -0.4 is 5.73 Å². The number of nitrogens with zero attached hydrogens (tertiary/aromatic N) is 2. The molecule has 0 saturated carbocycles. The number of aromatic nitrogens is 2. The first kappa shape index (κ1) is 13.1. The highest BCUT2D eigenvalue weighted by molar-refractivity contribution is 5.92. The van der Waals surface area contributed by atoms with E-state index in [0.29, 0.717) is 12.2 Å². The zero-order valence-corrected chi connectivity index (χ0v) is 11.0. The lowest BCUT2D eigenvalue weighted by Gasteiger charge is -2.12. The summed E-state index contributed by atoms with van der Waals surface area (Å²) in [6.07, 6.45) is 1.30. The molecule has 2 N–H and O–H groups in total. The highest BCUT2D eigenvalue weighted by atomic mass is 16.5. The maximum absolute atomic E-state index is 12.0. The number of aryl methyl sites for hydroxylation is 1. The number of anilines is 1. The predicted octanol–water partition coefficient (Wildman–Crippen LogP) is 2.40. The van der Waals surface area contributed by atoms with E-state index in [0.717, 1.165) is 5.56 Å². The van der Waals surface area contributed by atoms with Gasteiger partial charge in [0.1, 0.15) is 6.10 Å². The largest absolute Gasteiger partial charge is 0.453 e. The first-order valence-corrected chi connectivity index (χ1v) is 6.20. The standard InChI is InChI=1S/C14H17N3O2/c1-3-17-9-12(15)13(16-17)14(18)19-10(2)11-7-5-4-6-8-11/h4-10H,3,15H2,1-2H3. The minimum atomic E-state index is -0.499. The van der Waals surface area contributed by atoms with Crippen molar-refractivity contribution in [1.82, 2.24) is 9.78 Å². The number of carbonyl (C=O) groups is 1. The van der Waals surface area contributed by atoms with E-state index in [1.54, 1.807) is 10.9 Å². The molecule has 2 aromatic rings. The van der Waals surface area contributed by atoms with Gasteiger partial charge in [0.2, 0.25) is 0 Å². The van der Waals surface area contributed by atoms with Crippen molar-refractivity contribution in [3.05, 3.63) is 47.8 Å². The van der Waals surface area contributed by atoms with Crippen LogP contribution in [0.25, 0.3) is 0 Å². The average molecular weight is 259 g/mol. The van der Waals surface area contributed by atoms with Gasteiger partial charge < -0.3 is 10.5 Å². The summed E-state index contributed by atoms with van der Waals surface area (Å²) < 4.78 is 6.98. The summed E-state index contributed by atoms with van der Waals surface area (Å²) in [5.74, 6) is -0.499. The van der Waals surface area contributed by atoms with Crippen LogP contribution in [-0.2, 0) is 11.3 Å². The van der Waals surface area contributed by atoms with Gasteiger partial charge in [0.15, 0.2) is 5.69 Å². The van der Waals surface area contributed by atoms with E-state index in [2.05, 4.69) is 5.10 Å². The number of nitrogen functional groups attached to an aromatic ring is 1. The Morgan fingerprint density at radius 1 is 1.42 bits per heavy atom. The summed E-state index contributed by atoms with van der Waals surface area (Å²) >= 11 is 0. The summed E-state index contributed by atoms with van der Waals surface area (Å²) in [6, 6.07) is 9.54. The van der Waals surface area contributed by atoms with Gasteiger partial charge in [-0.05, 0) is 19.4 Å². The molecule has 0 bridgehead atoms. The zero-order valence-electron chi connectivity index (χ0n) is 11.0. The SMILES string of the molecule is CCn1cc(N)c(C(=O)OC(C)c2ccccc2)n1. The van der Waals surface area contributed by atoms with E-state index in [4.69, 9.17) is 10.5 Å². The zero-order chi connectivity index (χ0) is 13.8. The van der Waals surface area contributed by atoms with Crippen LogP contribution in [0, 0.1) is 0 Å². The number of benzene rings is 1. The maximum atomic E-state index is 12.0. The van der Waals surface area contributed by atoms with Gasteiger partial charge in [0, 0.05) is 12.7 Å². The number of rotatable bonds is 4. The Kier molecular flexibility index (Phi) is 3.85. The molecule has 100 valence electrons. The molecule has 0 aliphatic heterocycles. The van der Waals surface area contributed by atoms with Gasteiger partial charge >= 0.3 is 5.97 Å². The fourth-order valence-electron chi connectivity index (χ4n) is 1.77. The lowest BCUT2D eigenvalue weighted by atomic mass is 10.1. The Morgan fingerprint density at radius 2 is 2.11 bits per heavy atom. The first-order chi connectivity index (χ1) is 9.11. The van der Waals surface area contributed by atoms with Crippen LogP contribution in [0.2, 0.25) is 0 Å². The monoisotopic (exact) mass is 259 g/mol. The lowest BCUT2D eigenvalue weighted by molar-refractivity contribution is 0.0331. The highest BCUT2D eigenvalue weighted by Crippen LogP contribution is 2.19. The van der Waals surface area contributed by atoms with Gasteiger partial charge in [-0.25, -0.2) is 4.79 Å². The smallest absolute Gasteiger partial charge is 0.361 e. The molecular weight excluding hydrogens is 242 g/mol. The van der Waals surface area contributed by atoms with Crippen LogP contribution in [0.15, 0.2) is 36.5 Å². The normalized spacial score (nSPS) is 12.1. The third-order valence-electron chi connectivity index (χ3n) is 2.86. The van der Waals surface area contributed by atoms with E-state index >= 15 is 0 Å². The Balaban J connectivity index is 2.10. The minimum absolute atomic E-state index is 0.171. The summed E-state index contributed by atoms with van der Waals surface area (Å²) in [4.78, 5) is 12.0. The first-order valence-electron chi connectivity index (χ1n) is 6.20. The van der Waals surface area contributed by atoms with Crippen molar-refractivity contribution >= 4 is 11.7 Å². The van der Waals surface area contributed by atoms with Crippen LogP contribution in [0.3, 0.4) is 0 Å². The fraction of sp³-hybridized carbons (Fsp3) is 0.286. The molecule has 0 fully saturated rings. The maximum Gasteiger partial charge on any atom is 0.361 e. The Morgan fingerprint density at radius 3 is 2.68 bits per heavy atom. The molecule has 2 rings (SSSR count). The minimum Gasteiger partial charge on any atom is -0.453 e. The van der Waals surface area contributed by atoms with Crippen molar-refractivity contribution in [3.8, 4) is 0 Å². The molecule has 0 spiro atoms. The van der Waals surface area contributed by atoms with Crippen LogP contribution in [0.5, 0.6) is 0 Å². The number of carbonyl (C=O) groups excluding carboxylic acids is 1. The number of esters is 1. The molecule has 5 nitrogen and oxygen atoms in total. The molecule has 0 saturated heterocycles. The van der Waals surface area contributed by atoms with E-state index in [1.165, 1.54) is 0 Å². The van der Waals surface area contributed by atoms with Crippen molar-refractivity contribution in [2.24, 2.45) is 0 Å². The number of hydrogen-bond donors (Lipinski definition) is 1. The molecule has 1 atom stereocenters. The van der Waals surface area contributed by atoms with Crippen LogP contribution in [0.4, 0.5) is 5.69 Å².